The van der Waals surface area contributed by atoms with Gasteiger partial charge in [0, 0.05) is 10.0 Å². The van der Waals surface area contributed by atoms with Crippen LogP contribution in [0, 0.1) is 11.6 Å². The van der Waals surface area contributed by atoms with Gasteiger partial charge in [0.1, 0.15) is 11.6 Å². The van der Waals surface area contributed by atoms with Crippen LogP contribution in [0.25, 0.3) is 0 Å². The van der Waals surface area contributed by atoms with Crippen molar-refractivity contribution in [2.45, 2.75) is 6.04 Å². The molecule has 0 aromatic heterocycles. The SMILES string of the molecule is CNC(c1ccc(F)c(Cl)c1)c1cc(Cl)c(Br)cc1F. The molecule has 106 valence electrons. The Labute approximate surface area is 134 Å². The molecule has 0 radical (unpaired) electrons. The second-order valence-electron chi connectivity index (χ2n) is 4.18. The molecule has 2 aromatic carbocycles. The molecule has 1 atom stereocenters. The van der Waals surface area contributed by atoms with E-state index in [-0.39, 0.29) is 5.02 Å². The van der Waals surface area contributed by atoms with E-state index >= 15 is 0 Å². The zero-order chi connectivity index (χ0) is 14.9. The third-order valence-electron chi connectivity index (χ3n) is 2.92. The van der Waals surface area contributed by atoms with Crippen molar-refractivity contribution in [3.63, 3.8) is 0 Å². The number of halogens is 5. The number of benzene rings is 2. The Hall–Kier alpha value is -0.680. The van der Waals surface area contributed by atoms with Crippen molar-refractivity contribution in [3.05, 3.63) is 67.6 Å². The molecule has 20 heavy (non-hydrogen) atoms. The normalized spacial score (nSPS) is 12.5. The Morgan fingerprint density at radius 3 is 2.35 bits per heavy atom. The van der Waals surface area contributed by atoms with E-state index in [9.17, 15) is 8.78 Å². The van der Waals surface area contributed by atoms with Gasteiger partial charge in [-0.15, -0.1) is 0 Å². The smallest absolute Gasteiger partial charge is 0.141 e. The summed E-state index contributed by atoms with van der Waals surface area (Å²) in [5, 5.41) is 3.36. The van der Waals surface area contributed by atoms with Crippen molar-refractivity contribution in [3.8, 4) is 0 Å². The van der Waals surface area contributed by atoms with Crippen LogP contribution in [0.4, 0.5) is 8.78 Å². The first-order valence-corrected chi connectivity index (χ1v) is 7.25. The summed E-state index contributed by atoms with van der Waals surface area (Å²) in [7, 11) is 1.68. The molecule has 0 aliphatic carbocycles. The molecule has 0 bridgehead atoms. The maximum Gasteiger partial charge on any atom is 0.141 e. The number of nitrogens with one attached hydrogen (secondary N) is 1. The summed E-state index contributed by atoms with van der Waals surface area (Å²) in [4.78, 5) is 0. The molecule has 0 saturated heterocycles. The summed E-state index contributed by atoms with van der Waals surface area (Å²) < 4.78 is 27.8. The molecule has 2 aromatic rings. The van der Waals surface area contributed by atoms with E-state index in [1.54, 1.807) is 13.1 Å². The lowest BCUT2D eigenvalue weighted by molar-refractivity contribution is 0.574. The van der Waals surface area contributed by atoms with Crippen molar-refractivity contribution >= 4 is 39.1 Å². The maximum atomic E-state index is 14.1. The zero-order valence-electron chi connectivity index (χ0n) is 10.4. The van der Waals surface area contributed by atoms with E-state index in [0.717, 1.165) is 0 Å². The summed E-state index contributed by atoms with van der Waals surface area (Å²) in [5.41, 5.74) is 1.01. The molecular weight excluding hydrogens is 371 g/mol. The fraction of sp³-hybridized carbons (Fsp3) is 0.143. The first-order chi connectivity index (χ1) is 9.43. The van der Waals surface area contributed by atoms with Crippen LogP contribution in [0.15, 0.2) is 34.8 Å². The van der Waals surface area contributed by atoms with Gasteiger partial charge in [-0.1, -0.05) is 29.3 Å². The first-order valence-electron chi connectivity index (χ1n) is 5.70. The average molecular weight is 381 g/mol. The van der Waals surface area contributed by atoms with Crippen molar-refractivity contribution in [1.82, 2.24) is 5.32 Å². The molecule has 0 saturated carbocycles. The van der Waals surface area contributed by atoms with Gasteiger partial charge in [0.05, 0.1) is 16.1 Å². The Morgan fingerprint density at radius 2 is 1.75 bits per heavy atom. The Bertz CT molecular complexity index is 649. The van der Waals surface area contributed by atoms with Gasteiger partial charge in [-0.05, 0) is 52.8 Å². The van der Waals surface area contributed by atoms with Crippen LogP contribution in [-0.2, 0) is 0 Å². The lowest BCUT2D eigenvalue weighted by Gasteiger charge is -2.19. The highest BCUT2D eigenvalue weighted by Gasteiger charge is 2.19. The monoisotopic (exact) mass is 379 g/mol. The molecule has 0 amide bonds. The van der Waals surface area contributed by atoms with Crippen molar-refractivity contribution < 1.29 is 8.78 Å². The van der Waals surface area contributed by atoms with Gasteiger partial charge < -0.3 is 5.32 Å². The van der Waals surface area contributed by atoms with E-state index in [2.05, 4.69) is 21.2 Å². The van der Waals surface area contributed by atoms with Crippen LogP contribution in [0.5, 0.6) is 0 Å². The lowest BCUT2D eigenvalue weighted by atomic mass is 9.98. The van der Waals surface area contributed by atoms with Gasteiger partial charge in [-0.2, -0.15) is 0 Å². The molecule has 1 nitrogen and oxygen atoms in total. The molecule has 0 spiro atoms. The Morgan fingerprint density at radius 1 is 1.05 bits per heavy atom. The molecule has 1 N–H and O–H groups in total. The van der Waals surface area contributed by atoms with Gasteiger partial charge in [0.25, 0.3) is 0 Å². The summed E-state index contributed by atoms with van der Waals surface area (Å²) >= 11 is 14.9. The van der Waals surface area contributed by atoms with Crippen LogP contribution >= 0.6 is 39.1 Å². The Kier molecular flexibility index (Phi) is 5.02. The highest BCUT2D eigenvalue weighted by atomic mass is 79.9. The quantitative estimate of drug-likeness (QED) is 0.708. The number of hydrogen-bond acceptors (Lipinski definition) is 1. The topological polar surface area (TPSA) is 12.0 Å². The minimum Gasteiger partial charge on any atom is -0.309 e. The predicted octanol–water partition coefficient (Wildman–Crippen LogP) is 5.34. The first kappa shape index (κ1) is 15.7. The zero-order valence-corrected chi connectivity index (χ0v) is 13.5. The fourth-order valence-electron chi connectivity index (χ4n) is 1.95. The van der Waals surface area contributed by atoms with E-state index in [1.165, 1.54) is 24.3 Å². The van der Waals surface area contributed by atoms with Crippen LogP contribution in [0.2, 0.25) is 10.0 Å². The summed E-state index contributed by atoms with van der Waals surface area (Å²) in [6.07, 6.45) is 0. The Balaban J connectivity index is 2.52. The van der Waals surface area contributed by atoms with Crippen LogP contribution < -0.4 is 5.32 Å². The second-order valence-corrected chi connectivity index (χ2v) is 5.85. The van der Waals surface area contributed by atoms with Gasteiger partial charge >= 0.3 is 0 Å². The van der Waals surface area contributed by atoms with Crippen LogP contribution in [0.1, 0.15) is 17.2 Å². The molecule has 0 aliphatic heterocycles. The average Bonchev–Trinajstić information content (AvgIpc) is 2.40. The molecule has 1 unspecified atom stereocenters. The molecule has 0 aliphatic rings. The summed E-state index contributed by atoms with van der Waals surface area (Å²) in [6, 6.07) is 6.62. The summed E-state index contributed by atoms with van der Waals surface area (Å²) in [6.45, 7) is 0. The predicted molar refractivity (Wildman–Crippen MR) is 81.4 cm³/mol. The number of hydrogen-bond donors (Lipinski definition) is 1. The largest absolute Gasteiger partial charge is 0.309 e. The molecule has 2 rings (SSSR count). The van der Waals surface area contributed by atoms with E-state index in [0.29, 0.717) is 20.6 Å². The van der Waals surface area contributed by atoms with Crippen molar-refractivity contribution in [2.75, 3.05) is 7.05 Å². The molecule has 0 fully saturated rings. The minimum absolute atomic E-state index is 0.00799. The number of rotatable bonds is 3. The molecule has 6 heteroatoms. The van der Waals surface area contributed by atoms with E-state index in [4.69, 9.17) is 23.2 Å². The third-order valence-corrected chi connectivity index (χ3v) is 4.40. The lowest BCUT2D eigenvalue weighted by Crippen LogP contribution is -2.19. The van der Waals surface area contributed by atoms with Gasteiger partial charge in [-0.3, -0.25) is 0 Å². The van der Waals surface area contributed by atoms with E-state index < -0.39 is 17.7 Å². The van der Waals surface area contributed by atoms with E-state index in [1.807, 2.05) is 0 Å². The van der Waals surface area contributed by atoms with Crippen LogP contribution in [-0.4, -0.2) is 7.05 Å². The third kappa shape index (κ3) is 3.14. The highest BCUT2D eigenvalue weighted by Crippen LogP contribution is 2.32. The summed E-state index contributed by atoms with van der Waals surface area (Å²) in [5.74, 6) is -0.930. The van der Waals surface area contributed by atoms with Gasteiger partial charge in [0.15, 0.2) is 0 Å². The molecular formula is C14H10BrCl2F2N. The highest BCUT2D eigenvalue weighted by molar-refractivity contribution is 9.10. The van der Waals surface area contributed by atoms with Gasteiger partial charge in [0.2, 0.25) is 0 Å². The minimum atomic E-state index is -0.514. The van der Waals surface area contributed by atoms with Crippen LogP contribution in [0.3, 0.4) is 0 Å². The molecule has 0 heterocycles. The van der Waals surface area contributed by atoms with Gasteiger partial charge in [-0.25, -0.2) is 8.78 Å². The fourth-order valence-corrected chi connectivity index (χ4v) is 2.63. The standard InChI is InChI=1S/C14H10BrCl2F2N/c1-20-14(7-2-3-12(18)11(17)4-7)8-5-10(16)9(15)6-13(8)19/h2-6,14,20H,1H3. The van der Waals surface area contributed by atoms with Crippen molar-refractivity contribution in [1.29, 1.82) is 0 Å². The maximum absolute atomic E-state index is 14.1. The van der Waals surface area contributed by atoms with Crippen molar-refractivity contribution in [2.24, 2.45) is 0 Å². The second kappa shape index (κ2) is 6.39.